The zero-order chi connectivity index (χ0) is 15.4. The van der Waals surface area contributed by atoms with E-state index < -0.39 is 6.10 Å². The van der Waals surface area contributed by atoms with Crippen LogP contribution in [0.1, 0.15) is 32.1 Å². The molecule has 2 aliphatic rings. The molecule has 116 valence electrons. The molecule has 2 unspecified atom stereocenters. The van der Waals surface area contributed by atoms with Gasteiger partial charge in [-0.3, -0.25) is 0 Å². The standard InChI is InChI=1S/C16H22O5/c1-21-16-8-10(3-7-14(16)19)2-6-13(18)12-5-4-11(17)9-15(12)20/h3,7,9,13,16-20H,2,4-6,8H2,1H3. The van der Waals surface area contributed by atoms with Gasteiger partial charge in [0.05, 0.1) is 11.9 Å². The first-order chi connectivity index (χ1) is 10.0. The molecule has 0 saturated carbocycles. The van der Waals surface area contributed by atoms with Crippen molar-refractivity contribution in [2.24, 2.45) is 0 Å². The fourth-order valence-corrected chi connectivity index (χ4v) is 2.66. The van der Waals surface area contributed by atoms with E-state index in [0.29, 0.717) is 37.7 Å². The lowest BCUT2D eigenvalue weighted by atomic mass is 9.91. The Morgan fingerprint density at radius 1 is 1.24 bits per heavy atom. The predicted octanol–water partition coefficient (Wildman–Crippen LogP) is 2.96. The molecule has 0 saturated heterocycles. The van der Waals surface area contributed by atoms with Crippen molar-refractivity contribution >= 4 is 0 Å². The van der Waals surface area contributed by atoms with Gasteiger partial charge in [0.2, 0.25) is 0 Å². The number of ether oxygens (including phenoxy) is 1. The number of allylic oxidation sites excluding steroid dienone is 4. The summed E-state index contributed by atoms with van der Waals surface area (Å²) < 4.78 is 5.18. The highest BCUT2D eigenvalue weighted by Gasteiger charge is 2.22. The van der Waals surface area contributed by atoms with Crippen LogP contribution in [0, 0.1) is 0 Å². The molecular formula is C16H22O5. The highest BCUT2D eigenvalue weighted by Crippen LogP contribution is 2.28. The zero-order valence-electron chi connectivity index (χ0n) is 12.1. The molecule has 0 aromatic rings. The van der Waals surface area contributed by atoms with E-state index in [1.54, 1.807) is 13.2 Å². The Labute approximate surface area is 124 Å². The number of hydrogen-bond donors (Lipinski definition) is 4. The second-order valence-corrected chi connectivity index (χ2v) is 5.45. The number of methoxy groups -OCH3 is 1. The summed E-state index contributed by atoms with van der Waals surface area (Å²) in [6.45, 7) is 0. The summed E-state index contributed by atoms with van der Waals surface area (Å²) in [5, 5.41) is 38.9. The summed E-state index contributed by atoms with van der Waals surface area (Å²) in [5.74, 6) is 0.327. The SMILES string of the molecule is COC1CC(CCC(O)C2=C(O)C=C(O)CC2)=CC=C1O. The molecule has 0 fully saturated rings. The highest BCUT2D eigenvalue weighted by molar-refractivity contribution is 5.29. The van der Waals surface area contributed by atoms with E-state index in [0.717, 1.165) is 5.57 Å². The molecular weight excluding hydrogens is 272 g/mol. The van der Waals surface area contributed by atoms with Gasteiger partial charge >= 0.3 is 0 Å². The smallest absolute Gasteiger partial charge is 0.121 e. The molecule has 5 heteroatoms. The first-order valence-electron chi connectivity index (χ1n) is 7.12. The normalized spacial score (nSPS) is 24.3. The molecule has 0 amide bonds. The summed E-state index contributed by atoms with van der Waals surface area (Å²) >= 11 is 0. The minimum Gasteiger partial charge on any atom is -0.512 e. The Kier molecular flexibility index (Phi) is 5.09. The summed E-state index contributed by atoms with van der Waals surface area (Å²) in [7, 11) is 1.55. The van der Waals surface area contributed by atoms with Crippen molar-refractivity contribution in [1.82, 2.24) is 0 Å². The van der Waals surface area contributed by atoms with Crippen molar-refractivity contribution < 1.29 is 25.2 Å². The Morgan fingerprint density at radius 3 is 2.67 bits per heavy atom. The third-order valence-corrected chi connectivity index (χ3v) is 3.98. The quantitative estimate of drug-likeness (QED) is 0.626. The second-order valence-electron chi connectivity index (χ2n) is 5.45. The number of rotatable bonds is 5. The van der Waals surface area contributed by atoms with E-state index in [4.69, 9.17) is 4.74 Å². The van der Waals surface area contributed by atoms with Gasteiger partial charge in [0.15, 0.2) is 0 Å². The molecule has 0 heterocycles. The van der Waals surface area contributed by atoms with Gasteiger partial charge in [-0.05, 0) is 25.3 Å². The maximum atomic E-state index is 10.2. The fraction of sp³-hybridized carbons (Fsp3) is 0.500. The summed E-state index contributed by atoms with van der Waals surface area (Å²) in [6.07, 6.45) is 6.40. The van der Waals surface area contributed by atoms with Crippen LogP contribution < -0.4 is 0 Å². The van der Waals surface area contributed by atoms with Crippen LogP contribution in [0.4, 0.5) is 0 Å². The van der Waals surface area contributed by atoms with E-state index in [1.807, 2.05) is 6.08 Å². The van der Waals surface area contributed by atoms with E-state index in [1.165, 1.54) is 6.08 Å². The van der Waals surface area contributed by atoms with Gasteiger partial charge in [-0.1, -0.05) is 11.6 Å². The molecule has 4 N–H and O–H groups in total. The molecule has 5 nitrogen and oxygen atoms in total. The summed E-state index contributed by atoms with van der Waals surface area (Å²) in [5.41, 5.74) is 1.67. The van der Waals surface area contributed by atoms with Crippen molar-refractivity contribution in [3.05, 3.63) is 46.7 Å². The van der Waals surface area contributed by atoms with Crippen molar-refractivity contribution in [2.45, 2.75) is 44.3 Å². The van der Waals surface area contributed by atoms with Crippen LogP contribution in [0.5, 0.6) is 0 Å². The van der Waals surface area contributed by atoms with Crippen molar-refractivity contribution in [2.75, 3.05) is 7.11 Å². The Hall–Kier alpha value is -1.72. The highest BCUT2D eigenvalue weighted by atomic mass is 16.5. The van der Waals surface area contributed by atoms with Crippen molar-refractivity contribution in [3.63, 3.8) is 0 Å². The van der Waals surface area contributed by atoms with Crippen LogP contribution in [0.15, 0.2) is 46.7 Å². The van der Waals surface area contributed by atoms with Crippen LogP contribution in [0.2, 0.25) is 0 Å². The van der Waals surface area contributed by atoms with E-state index in [2.05, 4.69) is 0 Å². The lowest BCUT2D eigenvalue weighted by Crippen LogP contribution is -2.19. The predicted molar refractivity (Wildman–Crippen MR) is 79.1 cm³/mol. The van der Waals surface area contributed by atoms with Gasteiger partial charge < -0.3 is 25.2 Å². The van der Waals surface area contributed by atoms with E-state index >= 15 is 0 Å². The number of aliphatic hydroxyl groups is 4. The minimum atomic E-state index is -0.726. The maximum absolute atomic E-state index is 10.2. The third kappa shape index (κ3) is 3.89. The fourth-order valence-electron chi connectivity index (χ4n) is 2.66. The molecule has 0 bridgehead atoms. The van der Waals surface area contributed by atoms with Crippen LogP contribution in [-0.2, 0) is 4.74 Å². The molecule has 0 aliphatic heterocycles. The first-order valence-corrected chi connectivity index (χ1v) is 7.12. The van der Waals surface area contributed by atoms with Gasteiger partial charge in [0.25, 0.3) is 0 Å². The summed E-state index contributed by atoms with van der Waals surface area (Å²) in [4.78, 5) is 0. The molecule has 21 heavy (non-hydrogen) atoms. The van der Waals surface area contributed by atoms with Crippen LogP contribution in [0.25, 0.3) is 0 Å². The molecule has 0 spiro atoms. The molecule has 2 rings (SSSR count). The van der Waals surface area contributed by atoms with Crippen LogP contribution in [-0.4, -0.2) is 39.7 Å². The zero-order valence-corrected chi connectivity index (χ0v) is 12.1. The number of hydrogen-bond acceptors (Lipinski definition) is 5. The number of aliphatic hydroxyl groups excluding tert-OH is 4. The molecule has 0 aromatic heterocycles. The Morgan fingerprint density at radius 2 is 2.00 bits per heavy atom. The largest absolute Gasteiger partial charge is 0.512 e. The topological polar surface area (TPSA) is 90.2 Å². The van der Waals surface area contributed by atoms with Gasteiger partial charge in [-0.25, -0.2) is 0 Å². The van der Waals surface area contributed by atoms with Crippen molar-refractivity contribution in [1.29, 1.82) is 0 Å². The van der Waals surface area contributed by atoms with E-state index in [-0.39, 0.29) is 23.4 Å². The van der Waals surface area contributed by atoms with Gasteiger partial charge in [-0.2, -0.15) is 0 Å². The lowest BCUT2D eigenvalue weighted by Gasteiger charge is -2.22. The van der Waals surface area contributed by atoms with Crippen LogP contribution in [0.3, 0.4) is 0 Å². The van der Waals surface area contributed by atoms with E-state index in [9.17, 15) is 20.4 Å². The molecule has 2 atom stereocenters. The summed E-state index contributed by atoms with van der Waals surface area (Å²) in [6, 6.07) is 0. The first kappa shape index (κ1) is 15.7. The molecule has 2 aliphatic carbocycles. The lowest BCUT2D eigenvalue weighted by molar-refractivity contribution is 0.0907. The third-order valence-electron chi connectivity index (χ3n) is 3.98. The van der Waals surface area contributed by atoms with Gasteiger partial charge in [0, 0.05) is 31.6 Å². The Balaban J connectivity index is 1.93. The Bertz CT molecular complexity index is 513. The van der Waals surface area contributed by atoms with Crippen LogP contribution >= 0.6 is 0 Å². The van der Waals surface area contributed by atoms with Gasteiger partial charge in [-0.15, -0.1) is 0 Å². The second kappa shape index (κ2) is 6.83. The minimum absolute atomic E-state index is 0.0313. The van der Waals surface area contributed by atoms with Gasteiger partial charge in [0.1, 0.15) is 17.6 Å². The molecule has 0 aromatic carbocycles. The average Bonchev–Trinajstić information content (AvgIpc) is 2.46. The maximum Gasteiger partial charge on any atom is 0.121 e. The molecule has 0 radical (unpaired) electrons. The monoisotopic (exact) mass is 294 g/mol. The average molecular weight is 294 g/mol. The van der Waals surface area contributed by atoms with Crippen molar-refractivity contribution in [3.8, 4) is 0 Å².